The molecule has 2 unspecified atom stereocenters. The zero-order chi connectivity index (χ0) is 14.9. The molecule has 0 aromatic heterocycles. The van der Waals surface area contributed by atoms with Crippen LogP contribution in [0.25, 0.3) is 0 Å². The number of likely N-dealkylation sites (N-methyl/N-ethyl adjacent to an activating group) is 1. The van der Waals surface area contributed by atoms with E-state index in [0.717, 1.165) is 19.1 Å². The van der Waals surface area contributed by atoms with Gasteiger partial charge in [0.15, 0.2) is 0 Å². The highest BCUT2D eigenvalue weighted by Crippen LogP contribution is 2.46. The summed E-state index contributed by atoms with van der Waals surface area (Å²) in [6.45, 7) is 6.55. The van der Waals surface area contributed by atoms with Gasteiger partial charge in [-0.1, -0.05) is 51.0 Å². The topological polar surface area (TPSA) is 29.3 Å². The molecule has 3 rings (SSSR count). The summed E-state index contributed by atoms with van der Waals surface area (Å²) >= 11 is 0. The molecule has 2 nitrogen and oxygen atoms in total. The molecular formula is C19H30N2. The van der Waals surface area contributed by atoms with Crippen molar-refractivity contribution in [3.05, 3.63) is 35.4 Å². The van der Waals surface area contributed by atoms with Crippen molar-refractivity contribution >= 4 is 0 Å². The van der Waals surface area contributed by atoms with Crippen LogP contribution >= 0.6 is 0 Å². The van der Waals surface area contributed by atoms with E-state index in [0.29, 0.717) is 5.92 Å². The Bertz CT molecular complexity index is 478. The Morgan fingerprint density at radius 2 is 1.90 bits per heavy atom. The van der Waals surface area contributed by atoms with Crippen molar-refractivity contribution in [2.45, 2.75) is 69.9 Å². The summed E-state index contributed by atoms with van der Waals surface area (Å²) < 4.78 is 0. The highest BCUT2D eigenvalue weighted by atomic mass is 15.2. The predicted molar refractivity (Wildman–Crippen MR) is 89.5 cm³/mol. The third kappa shape index (κ3) is 2.43. The van der Waals surface area contributed by atoms with Gasteiger partial charge >= 0.3 is 0 Å². The van der Waals surface area contributed by atoms with Crippen molar-refractivity contribution < 1.29 is 0 Å². The van der Waals surface area contributed by atoms with E-state index in [9.17, 15) is 0 Å². The second-order valence-electron chi connectivity index (χ2n) is 6.99. The van der Waals surface area contributed by atoms with E-state index in [1.807, 2.05) is 0 Å². The monoisotopic (exact) mass is 286 g/mol. The lowest BCUT2D eigenvalue weighted by atomic mass is 9.71. The van der Waals surface area contributed by atoms with E-state index in [4.69, 9.17) is 5.73 Å². The van der Waals surface area contributed by atoms with Gasteiger partial charge in [0.05, 0.1) is 5.54 Å². The van der Waals surface area contributed by atoms with Crippen molar-refractivity contribution in [1.82, 2.24) is 4.90 Å². The van der Waals surface area contributed by atoms with E-state index in [1.165, 1.54) is 49.7 Å². The molecule has 1 aromatic rings. The van der Waals surface area contributed by atoms with Gasteiger partial charge in [0.25, 0.3) is 0 Å². The number of nitrogens with two attached hydrogens (primary N) is 1. The Morgan fingerprint density at radius 3 is 2.57 bits per heavy atom. The van der Waals surface area contributed by atoms with Gasteiger partial charge in [-0.05, 0) is 49.3 Å². The summed E-state index contributed by atoms with van der Waals surface area (Å²) in [5, 5.41) is 0. The summed E-state index contributed by atoms with van der Waals surface area (Å²) in [5.74, 6) is 0.670. The van der Waals surface area contributed by atoms with Crippen LogP contribution in [0.3, 0.4) is 0 Å². The van der Waals surface area contributed by atoms with Crippen LogP contribution in [0.1, 0.15) is 69.4 Å². The molecule has 2 N–H and O–H groups in total. The first-order valence-corrected chi connectivity index (χ1v) is 8.79. The van der Waals surface area contributed by atoms with Gasteiger partial charge in [0.1, 0.15) is 0 Å². The summed E-state index contributed by atoms with van der Waals surface area (Å²) in [7, 11) is 0. The minimum absolute atomic E-state index is 0.0762. The zero-order valence-corrected chi connectivity index (χ0v) is 13.6. The Hall–Kier alpha value is -0.860. The first-order valence-electron chi connectivity index (χ1n) is 8.79. The highest BCUT2D eigenvalue weighted by molar-refractivity contribution is 5.39. The summed E-state index contributed by atoms with van der Waals surface area (Å²) in [4.78, 5) is 2.75. The maximum atomic E-state index is 6.40. The summed E-state index contributed by atoms with van der Waals surface area (Å²) in [6.07, 6.45) is 7.96. The van der Waals surface area contributed by atoms with Crippen molar-refractivity contribution in [3.63, 3.8) is 0 Å². The first kappa shape index (κ1) is 15.1. The molecule has 2 aliphatic rings. The van der Waals surface area contributed by atoms with E-state index < -0.39 is 0 Å². The molecule has 116 valence electrons. The minimum Gasteiger partial charge on any atom is -0.328 e. The molecule has 1 aromatic carbocycles. The fraction of sp³-hybridized carbons (Fsp3) is 0.684. The quantitative estimate of drug-likeness (QED) is 0.906. The fourth-order valence-corrected chi connectivity index (χ4v) is 4.85. The maximum absolute atomic E-state index is 6.40. The lowest BCUT2D eigenvalue weighted by Gasteiger charge is -2.50. The van der Waals surface area contributed by atoms with Gasteiger partial charge in [-0.2, -0.15) is 0 Å². The third-order valence-electron chi connectivity index (χ3n) is 5.98. The smallest absolute Gasteiger partial charge is 0.0589 e. The van der Waals surface area contributed by atoms with E-state index in [1.54, 1.807) is 0 Å². The molecule has 21 heavy (non-hydrogen) atoms. The summed E-state index contributed by atoms with van der Waals surface area (Å²) in [6, 6.07) is 9.79. The number of hydrogen-bond acceptors (Lipinski definition) is 2. The van der Waals surface area contributed by atoms with Crippen molar-refractivity contribution in [3.8, 4) is 0 Å². The predicted octanol–water partition coefficient (Wildman–Crippen LogP) is 4.00. The first-order chi connectivity index (χ1) is 10.2. The van der Waals surface area contributed by atoms with Crippen LogP contribution < -0.4 is 5.73 Å². The van der Waals surface area contributed by atoms with Gasteiger partial charge in [0, 0.05) is 12.6 Å². The SMILES string of the molecule is CCN(C1CCCC1)C1(CN)CCC(C)c2ccccc21. The van der Waals surface area contributed by atoms with E-state index in [-0.39, 0.29) is 5.54 Å². The Labute approximate surface area is 129 Å². The lowest BCUT2D eigenvalue weighted by Crippen LogP contribution is -2.56. The van der Waals surface area contributed by atoms with Crippen molar-refractivity contribution in [1.29, 1.82) is 0 Å². The number of hydrogen-bond donors (Lipinski definition) is 1. The molecule has 2 atom stereocenters. The molecule has 2 aliphatic carbocycles. The van der Waals surface area contributed by atoms with Crippen LogP contribution in [0.5, 0.6) is 0 Å². The van der Waals surface area contributed by atoms with Gasteiger partial charge in [-0.3, -0.25) is 4.90 Å². The standard InChI is InChI=1S/C19H30N2/c1-3-21(16-8-4-5-9-16)19(14-20)13-12-15(2)17-10-6-7-11-18(17)19/h6-7,10-11,15-16H,3-5,8-9,12-14,20H2,1-2H3. The fourth-order valence-electron chi connectivity index (χ4n) is 4.85. The van der Waals surface area contributed by atoms with Crippen LogP contribution in [-0.4, -0.2) is 24.0 Å². The van der Waals surface area contributed by atoms with E-state index >= 15 is 0 Å². The molecular weight excluding hydrogens is 256 g/mol. The number of fused-ring (bicyclic) bond motifs is 1. The Kier molecular flexibility index (Phi) is 4.37. The molecule has 2 heteroatoms. The van der Waals surface area contributed by atoms with Crippen LogP contribution in [0.4, 0.5) is 0 Å². The number of rotatable bonds is 4. The molecule has 0 amide bonds. The van der Waals surface area contributed by atoms with E-state index in [2.05, 4.69) is 43.0 Å². The molecule has 0 aliphatic heterocycles. The Balaban J connectivity index is 2.05. The minimum atomic E-state index is 0.0762. The molecule has 1 fully saturated rings. The van der Waals surface area contributed by atoms with Crippen molar-refractivity contribution in [2.75, 3.05) is 13.1 Å². The molecule has 0 spiro atoms. The average Bonchev–Trinajstić information content (AvgIpc) is 3.05. The second-order valence-corrected chi connectivity index (χ2v) is 6.99. The van der Waals surface area contributed by atoms with Crippen LogP contribution in [0.15, 0.2) is 24.3 Å². The largest absolute Gasteiger partial charge is 0.328 e. The number of nitrogens with zero attached hydrogens (tertiary/aromatic N) is 1. The summed E-state index contributed by atoms with van der Waals surface area (Å²) in [5.41, 5.74) is 9.52. The zero-order valence-electron chi connectivity index (χ0n) is 13.6. The maximum Gasteiger partial charge on any atom is 0.0589 e. The molecule has 1 saturated carbocycles. The van der Waals surface area contributed by atoms with Crippen molar-refractivity contribution in [2.24, 2.45) is 5.73 Å². The van der Waals surface area contributed by atoms with Crippen LogP contribution in [-0.2, 0) is 5.54 Å². The van der Waals surface area contributed by atoms with Crippen LogP contribution in [0.2, 0.25) is 0 Å². The van der Waals surface area contributed by atoms with Gasteiger partial charge < -0.3 is 5.73 Å². The molecule has 0 heterocycles. The molecule has 0 bridgehead atoms. The third-order valence-corrected chi connectivity index (χ3v) is 5.98. The molecule has 0 radical (unpaired) electrons. The average molecular weight is 286 g/mol. The highest BCUT2D eigenvalue weighted by Gasteiger charge is 2.44. The normalized spacial score (nSPS) is 29.8. The lowest BCUT2D eigenvalue weighted by molar-refractivity contribution is 0.0350. The van der Waals surface area contributed by atoms with Gasteiger partial charge in [-0.25, -0.2) is 0 Å². The Morgan fingerprint density at radius 1 is 1.19 bits per heavy atom. The molecule has 0 saturated heterocycles. The second kappa shape index (κ2) is 6.10. The van der Waals surface area contributed by atoms with Gasteiger partial charge in [0.2, 0.25) is 0 Å². The van der Waals surface area contributed by atoms with Crippen LogP contribution in [0, 0.1) is 0 Å². The number of benzene rings is 1. The van der Waals surface area contributed by atoms with Gasteiger partial charge in [-0.15, -0.1) is 0 Å².